The molecule has 0 fully saturated rings. The lowest BCUT2D eigenvalue weighted by molar-refractivity contribution is -0.114. The van der Waals surface area contributed by atoms with Crippen LogP contribution in [0.4, 0.5) is 5.82 Å². The average molecular weight is 217 g/mol. The van der Waals surface area contributed by atoms with Crippen LogP contribution < -0.4 is 5.32 Å². The maximum Gasteiger partial charge on any atom is 0.222 e. The highest BCUT2D eigenvalue weighted by molar-refractivity contribution is 5.87. The van der Waals surface area contributed by atoms with Crippen LogP contribution in [0.15, 0.2) is 24.8 Å². The van der Waals surface area contributed by atoms with E-state index in [2.05, 4.69) is 20.3 Å². The third-order valence-corrected chi connectivity index (χ3v) is 2.03. The van der Waals surface area contributed by atoms with Gasteiger partial charge in [0, 0.05) is 25.4 Å². The monoisotopic (exact) mass is 217 g/mol. The Labute approximate surface area is 92.4 Å². The Morgan fingerprint density at radius 2 is 2.19 bits per heavy atom. The molecule has 0 saturated heterocycles. The predicted octanol–water partition coefficient (Wildman–Crippen LogP) is 0.929. The van der Waals surface area contributed by atoms with Crippen molar-refractivity contribution in [2.45, 2.75) is 13.8 Å². The first-order valence-electron chi connectivity index (χ1n) is 4.77. The quantitative estimate of drug-likeness (QED) is 0.812. The number of hydrogen-bond acceptors (Lipinski definition) is 4. The molecule has 0 aliphatic rings. The standard InChI is InChI=1S/C10H11N5O/c1-7-11-3-4-15(7)10-5-9(12-6-13-10)14-8(2)16/h3-6H,1-2H3,(H,12,13,14,16). The van der Waals surface area contributed by atoms with Crippen LogP contribution in [-0.2, 0) is 4.79 Å². The van der Waals surface area contributed by atoms with Gasteiger partial charge in [-0.2, -0.15) is 0 Å². The van der Waals surface area contributed by atoms with Gasteiger partial charge in [0.25, 0.3) is 0 Å². The summed E-state index contributed by atoms with van der Waals surface area (Å²) in [6.07, 6.45) is 4.89. The van der Waals surface area contributed by atoms with E-state index in [9.17, 15) is 4.79 Å². The molecule has 0 aliphatic heterocycles. The number of aryl methyl sites for hydroxylation is 1. The van der Waals surface area contributed by atoms with E-state index >= 15 is 0 Å². The second-order valence-electron chi connectivity index (χ2n) is 3.29. The third kappa shape index (κ3) is 2.05. The van der Waals surface area contributed by atoms with E-state index in [1.54, 1.807) is 18.5 Å². The van der Waals surface area contributed by atoms with Crippen molar-refractivity contribution >= 4 is 11.7 Å². The van der Waals surface area contributed by atoms with E-state index < -0.39 is 0 Å². The summed E-state index contributed by atoms with van der Waals surface area (Å²) in [6.45, 7) is 3.31. The van der Waals surface area contributed by atoms with Gasteiger partial charge in [-0.15, -0.1) is 0 Å². The minimum absolute atomic E-state index is 0.160. The molecule has 2 aromatic heterocycles. The van der Waals surface area contributed by atoms with Crippen LogP contribution in [0.5, 0.6) is 0 Å². The normalized spacial score (nSPS) is 10.1. The number of anilines is 1. The van der Waals surface area contributed by atoms with Crippen molar-refractivity contribution in [3.05, 3.63) is 30.6 Å². The molecule has 0 aromatic carbocycles. The van der Waals surface area contributed by atoms with E-state index in [0.717, 1.165) is 5.82 Å². The highest BCUT2D eigenvalue weighted by Gasteiger charge is 2.04. The van der Waals surface area contributed by atoms with Gasteiger partial charge < -0.3 is 5.32 Å². The molecule has 16 heavy (non-hydrogen) atoms. The third-order valence-electron chi connectivity index (χ3n) is 2.03. The Hall–Kier alpha value is -2.24. The zero-order chi connectivity index (χ0) is 11.5. The first kappa shape index (κ1) is 10.3. The molecule has 6 heteroatoms. The Morgan fingerprint density at radius 3 is 2.81 bits per heavy atom. The molecule has 2 heterocycles. The number of nitrogens with zero attached hydrogens (tertiary/aromatic N) is 4. The van der Waals surface area contributed by atoms with Gasteiger partial charge in [0.05, 0.1) is 0 Å². The number of carbonyl (C=O) groups excluding carboxylic acids is 1. The van der Waals surface area contributed by atoms with Crippen molar-refractivity contribution < 1.29 is 4.79 Å². The number of imidazole rings is 1. The number of rotatable bonds is 2. The first-order valence-corrected chi connectivity index (χ1v) is 4.77. The largest absolute Gasteiger partial charge is 0.311 e. The van der Waals surface area contributed by atoms with Crippen LogP contribution in [0.25, 0.3) is 5.82 Å². The smallest absolute Gasteiger partial charge is 0.222 e. The lowest BCUT2D eigenvalue weighted by Gasteiger charge is -2.05. The second-order valence-corrected chi connectivity index (χ2v) is 3.29. The molecule has 2 aromatic rings. The van der Waals surface area contributed by atoms with Gasteiger partial charge in [-0.3, -0.25) is 9.36 Å². The van der Waals surface area contributed by atoms with Crippen molar-refractivity contribution in [2.75, 3.05) is 5.32 Å². The fourth-order valence-electron chi connectivity index (χ4n) is 1.35. The van der Waals surface area contributed by atoms with E-state index in [4.69, 9.17) is 0 Å². The lowest BCUT2D eigenvalue weighted by Crippen LogP contribution is -2.09. The Morgan fingerprint density at radius 1 is 1.38 bits per heavy atom. The Balaban J connectivity index is 2.36. The van der Waals surface area contributed by atoms with Gasteiger partial charge in [-0.1, -0.05) is 0 Å². The summed E-state index contributed by atoms with van der Waals surface area (Å²) in [4.78, 5) is 23.0. The maximum absolute atomic E-state index is 10.9. The zero-order valence-corrected chi connectivity index (χ0v) is 9.01. The molecule has 0 atom stereocenters. The summed E-state index contributed by atoms with van der Waals surface area (Å²) < 4.78 is 1.81. The van der Waals surface area contributed by atoms with Crippen LogP contribution in [-0.4, -0.2) is 25.4 Å². The molecule has 2 rings (SSSR count). The van der Waals surface area contributed by atoms with Crippen LogP contribution in [0.2, 0.25) is 0 Å². The number of amides is 1. The highest BCUT2D eigenvalue weighted by atomic mass is 16.1. The Kier molecular flexibility index (Phi) is 2.63. The topological polar surface area (TPSA) is 72.7 Å². The van der Waals surface area contributed by atoms with E-state index in [1.807, 2.05) is 11.5 Å². The van der Waals surface area contributed by atoms with Gasteiger partial charge >= 0.3 is 0 Å². The van der Waals surface area contributed by atoms with Crippen molar-refractivity contribution in [2.24, 2.45) is 0 Å². The number of aromatic nitrogens is 4. The van der Waals surface area contributed by atoms with Crippen molar-refractivity contribution in [3.63, 3.8) is 0 Å². The van der Waals surface area contributed by atoms with Gasteiger partial charge in [0.1, 0.15) is 23.8 Å². The zero-order valence-electron chi connectivity index (χ0n) is 9.01. The summed E-state index contributed by atoms with van der Waals surface area (Å²) in [5, 5.41) is 2.60. The minimum Gasteiger partial charge on any atom is -0.311 e. The number of hydrogen-bond donors (Lipinski definition) is 1. The van der Waals surface area contributed by atoms with Crippen LogP contribution in [0.3, 0.4) is 0 Å². The fourth-order valence-corrected chi connectivity index (χ4v) is 1.35. The molecular formula is C10H11N5O. The average Bonchev–Trinajstić information content (AvgIpc) is 2.64. The first-order chi connectivity index (χ1) is 7.66. The second kappa shape index (κ2) is 4.09. The molecule has 82 valence electrons. The van der Waals surface area contributed by atoms with Crippen LogP contribution >= 0.6 is 0 Å². The van der Waals surface area contributed by atoms with E-state index in [-0.39, 0.29) is 5.91 Å². The van der Waals surface area contributed by atoms with E-state index in [0.29, 0.717) is 11.6 Å². The summed E-state index contributed by atoms with van der Waals surface area (Å²) in [5.74, 6) is 1.82. The number of nitrogens with one attached hydrogen (secondary N) is 1. The van der Waals surface area contributed by atoms with Crippen molar-refractivity contribution in [3.8, 4) is 5.82 Å². The minimum atomic E-state index is -0.160. The lowest BCUT2D eigenvalue weighted by atomic mass is 10.5. The van der Waals surface area contributed by atoms with Gasteiger partial charge in [0.2, 0.25) is 5.91 Å². The SMILES string of the molecule is CC(=O)Nc1cc(-n2ccnc2C)ncn1. The predicted molar refractivity (Wildman–Crippen MR) is 58.2 cm³/mol. The summed E-state index contributed by atoms with van der Waals surface area (Å²) in [7, 11) is 0. The van der Waals surface area contributed by atoms with Crippen LogP contribution in [0.1, 0.15) is 12.7 Å². The molecule has 0 saturated carbocycles. The molecule has 0 bridgehead atoms. The molecule has 6 nitrogen and oxygen atoms in total. The molecular weight excluding hydrogens is 206 g/mol. The highest BCUT2D eigenvalue weighted by Crippen LogP contribution is 2.10. The molecule has 0 aliphatic carbocycles. The molecule has 0 spiro atoms. The summed E-state index contributed by atoms with van der Waals surface area (Å²) >= 11 is 0. The van der Waals surface area contributed by atoms with E-state index in [1.165, 1.54) is 13.3 Å². The van der Waals surface area contributed by atoms with Gasteiger partial charge in [-0.25, -0.2) is 15.0 Å². The fraction of sp³-hybridized carbons (Fsp3) is 0.200. The molecule has 0 radical (unpaired) electrons. The van der Waals surface area contributed by atoms with Gasteiger partial charge in [-0.05, 0) is 6.92 Å². The molecule has 0 unspecified atom stereocenters. The molecule has 1 N–H and O–H groups in total. The summed E-state index contributed by atoms with van der Waals surface area (Å²) in [5.41, 5.74) is 0. The number of carbonyl (C=O) groups is 1. The Bertz CT molecular complexity index is 519. The molecule has 1 amide bonds. The summed E-state index contributed by atoms with van der Waals surface area (Å²) in [6, 6.07) is 1.69. The van der Waals surface area contributed by atoms with Gasteiger partial charge in [0.15, 0.2) is 0 Å². The van der Waals surface area contributed by atoms with Crippen LogP contribution in [0, 0.1) is 6.92 Å². The maximum atomic E-state index is 10.9. The van der Waals surface area contributed by atoms with Crippen molar-refractivity contribution in [1.29, 1.82) is 0 Å². The van der Waals surface area contributed by atoms with Crippen molar-refractivity contribution in [1.82, 2.24) is 19.5 Å².